The number of phenols is 1. The van der Waals surface area contributed by atoms with E-state index in [2.05, 4.69) is 64.1 Å². The summed E-state index contributed by atoms with van der Waals surface area (Å²) in [6.45, 7) is 14.6. The molecule has 140 valence electrons. The van der Waals surface area contributed by atoms with Crippen LogP contribution in [0, 0.1) is 0 Å². The van der Waals surface area contributed by atoms with Crippen molar-refractivity contribution in [2.24, 2.45) is 10.7 Å². The summed E-state index contributed by atoms with van der Waals surface area (Å²) in [5, 5.41) is 12.9. The van der Waals surface area contributed by atoms with Gasteiger partial charge in [-0.15, -0.1) is 0 Å². The van der Waals surface area contributed by atoms with Crippen molar-refractivity contribution in [3.63, 3.8) is 0 Å². The number of hydrogen-bond acceptors (Lipinski definition) is 5. The molecule has 0 saturated carbocycles. The summed E-state index contributed by atoms with van der Waals surface area (Å²) in [4.78, 5) is 4.56. The first-order chi connectivity index (χ1) is 11.8. The van der Waals surface area contributed by atoms with E-state index in [0.717, 1.165) is 28.2 Å². The fraction of sp³-hybridized carbons (Fsp3) is 0.476. The van der Waals surface area contributed by atoms with Crippen molar-refractivity contribution in [1.82, 2.24) is 10.4 Å². The second-order valence-corrected chi connectivity index (χ2v) is 9.44. The van der Waals surface area contributed by atoms with E-state index in [-0.39, 0.29) is 10.8 Å². The van der Waals surface area contributed by atoms with Gasteiger partial charge in [0.15, 0.2) is 5.84 Å². The van der Waals surface area contributed by atoms with E-state index < -0.39 is 5.66 Å². The van der Waals surface area contributed by atoms with Crippen molar-refractivity contribution in [3.8, 4) is 5.75 Å². The van der Waals surface area contributed by atoms with Gasteiger partial charge in [-0.25, -0.2) is 10.0 Å². The minimum absolute atomic E-state index is 0.186. The van der Waals surface area contributed by atoms with Crippen molar-refractivity contribution < 1.29 is 5.11 Å². The summed E-state index contributed by atoms with van der Waals surface area (Å²) in [5.41, 5.74) is 12.2. The Hall–Kier alpha value is -2.27. The minimum atomic E-state index is -0.779. The van der Waals surface area contributed by atoms with Gasteiger partial charge < -0.3 is 10.8 Å². The monoisotopic (exact) mass is 354 g/mol. The van der Waals surface area contributed by atoms with Crippen LogP contribution in [0.15, 0.2) is 35.5 Å². The van der Waals surface area contributed by atoms with Crippen LogP contribution in [-0.2, 0) is 10.8 Å². The van der Waals surface area contributed by atoms with E-state index in [1.165, 1.54) is 0 Å². The number of nitrogens with zero attached hydrogens (tertiary/aromatic N) is 2. The highest BCUT2D eigenvalue weighted by Crippen LogP contribution is 2.42. The Morgan fingerprint density at radius 1 is 1.08 bits per heavy atom. The molecule has 0 aromatic heterocycles. The lowest BCUT2D eigenvalue weighted by Crippen LogP contribution is -2.43. The topological polar surface area (TPSA) is 73.9 Å². The second-order valence-electron chi connectivity index (χ2n) is 9.44. The summed E-state index contributed by atoms with van der Waals surface area (Å²) < 4.78 is 0. The number of nitrogens with one attached hydrogen (secondary N) is 1. The Balaban J connectivity index is 2.24. The molecule has 1 atom stereocenters. The molecule has 26 heavy (non-hydrogen) atoms. The molecule has 1 aromatic carbocycles. The molecule has 2 aliphatic rings. The average Bonchev–Trinajstić information content (AvgIpc) is 2.90. The number of benzene rings is 1. The Morgan fingerprint density at radius 2 is 1.62 bits per heavy atom. The molecule has 4 N–H and O–H groups in total. The Morgan fingerprint density at radius 3 is 2.12 bits per heavy atom. The van der Waals surface area contributed by atoms with Gasteiger partial charge in [0.2, 0.25) is 0 Å². The molecule has 0 bridgehead atoms. The van der Waals surface area contributed by atoms with Gasteiger partial charge in [0.25, 0.3) is 0 Å². The summed E-state index contributed by atoms with van der Waals surface area (Å²) in [6.07, 6.45) is 5.72. The molecule has 0 fully saturated rings. The minimum Gasteiger partial charge on any atom is -0.507 e. The van der Waals surface area contributed by atoms with Crippen LogP contribution in [0.5, 0.6) is 5.75 Å². The molecule has 0 amide bonds. The SMILES string of the molecule is CC1(N)C=C(c2cc(C(C)(C)C)c(O)c(C(C)(C)C)c2)N2NC=CC2=N1. The molecule has 1 unspecified atom stereocenters. The van der Waals surface area contributed by atoms with Crippen LogP contribution >= 0.6 is 0 Å². The average molecular weight is 354 g/mol. The molecule has 1 aromatic rings. The third kappa shape index (κ3) is 3.23. The zero-order valence-electron chi connectivity index (χ0n) is 16.8. The predicted molar refractivity (Wildman–Crippen MR) is 108 cm³/mol. The van der Waals surface area contributed by atoms with Crippen LogP contribution in [0.4, 0.5) is 0 Å². The number of hydrogen-bond donors (Lipinski definition) is 3. The van der Waals surface area contributed by atoms with E-state index in [0.29, 0.717) is 5.75 Å². The predicted octanol–water partition coefficient (Wildman–Crippen LogP) is 3.75. The van der Waals surface area contributed by atoms with Gasteiger partial charge in [0.05, 0.1) is 5.70 Å². The fourth-order valence-electron chi connectivity index (χ4n) is 3.37. The third-order valence-corrected chi connectivity index (χ3v) is 4.71. The number of aliphatic imine (C=N–C) groups is 1. The molecular weight excluding hydrogens is 324 g/mol. The molecule has 3 rings (SSSR count). The first-order valence-electron chi connectivity index (χ1n) is 9.02. The highest BCUT2D eigenvalue weighted by molar-refractivity contribution is 6.02. The lowest BCUT2D eigenvalue weighted by atomic mass is 9.78. The molecule has 0 radical (unpaired) electrons. The number of rotatable bonds is 1. The van der Waals surface area contributed by atoms with Gasteiger partial charge in [0.1, 0.15) is 11.4 Å². The first kappa shape index (κ1) is 18.5. The van der Waals surface area contributed by atoms with E-state index >= 15 is 0 Å². The zero-order valence-corrected chi connectivity index (χ0v) is 16.8. The molecule has 0 saturated heterocycles. The zero-order chi connectivity index (χ0) is 19.5. The molecule has 5 heteroatoms. The van der Waals surface area contributed by atoms with E-state index in [9.17, 15) is 5.11 Å². The molecule has 0 aliphatic carbocycles. The first-order valence-corrected chi connectivity index (χ1v) is 9.02. The summed E-state index contributed by atoms with van der Waals surface area (Å²) >= 11 is 0. The Labute approximate surface area is 156 Å². The maximum atomic E-state index is 11.0. The van der Waals surface area contributed by atoms with Gasteiger partial charge in [0, 0.05) is 29.0 Å². The van der Waals surface area contributed by atoms with Crippen molar-refractivity contribution in [2.75, 3.05) is 0 Å². The molecule has 2 heterocycles. The maximum absolute atomic E-state index is 11.0. The summed E-state index contributed by atoms with van der Waals surface area (Å²) in [6, 6.07) is 4.13. The standard InChI is InChI=1S/C21H30N4O/c1-19(2,3)14-10-13(11-15(18(14)26)20(4,5)6)16-12-21(7,22)24-17-8-9-23-25(16)17/h8-12,23,26H,22H2,1-7H3. The normalized spacial score (nSPS) is 22.7. The van der Waals surface area contributed by atoms with Crippen LogP contribution in [0.1, 0.15) is 65.2 Å². The van der Waals surface area contributed by atoms with Gasteiger partial charge in [-0.05, 0) is 36.0 Å². The Bertz CT molecular complexity index is 798. The van der Waals surface area contributed by atoms with Crippen LogP contribution < -0.4 is 11.2 Å². The smallest absolute Gasteiger partial charge is 0.150 e. The number of phenolic OH excluding ortho intramolecular Hbond substituents is 1. The third-order valence-electron chi connectivity index (χ3n) is 4.71. The number of amidine groups is 1. The molecule has 0 spiro atoms. The van der Waals surface area contributed by atoms with Crippen LogP contribution in [0.3, 0.4) is 0 Å². The van der Waals surface area contributed by atoms with Gasteiger partial charge in [-0.2, -0.15) is 0 Å². The lowest BCUT2D eigenvalue weighted by Gasteiger charge is -2.34. The van der Waals surface area contributed by atoms with Crippen molar-refractivity contribution in [1.29, 1.82) is 0 Å². The van der Waals surface area contributed by atoms with Crippen LogP contribution in [0.2, 0.25) is 0 Å². The van der Waals surface area contributed by atoms with Gasteiger partial charge in [-0.1, -0.05) is 41.5 Å². The number of nitrogens with two attached hydrogens (primary N) is 1. The van der Waals surface area contributed by atoms with Gasteiger partial charge in [-0.3, -0.25) is 5.43 Å². The Kier molecular flexibility index (Phi) is 4.00. The molecular formula is C21H30N4O. The number of hydrazine groups is 1. The van der Waals surface area contributed by atoms with E-state index in [1.807, 2.05) is 30.3 Å². The quantitative estimate of drug-likeness (QED) is 0.718. The van der Waals surface area contributed by atoms with Crippen molar-refractivity contribution >= 4 is 11.5 Å². The fourth-order valence-corrected chi connectivity index (χ4v) is 3.37. The van der Waals surface area contributed by atoms with Gasteiger partial charge >= 0.3 is 0 Å². The summed E-state index contributed by atoms with van der Waals surface area (Å²) in [5.74, 6) is 1.16. The second kappa shape index (κ2) is 5.61. The maximum Gasteiger partial charge on any atom is 0.150 e. The van der Waals surface area contributed by atoms with E-state index in [4.69, 9.17) is 5.73 Å². The van der Waals surface area contributed by atoms with Crippen LogP contribution in [0.25, 0.3) is 5.70 Å². The van der Waals surface area contributed by atoms with Crippen molar-refractivity contribution in [2.45, 2.75) is 65.0 Å². The lowest BCUT2D eigenvalue weighted by molar-refractivity contribution is 0.422. The number of aromatic hydroxyl groups is 1. The van der Waals surface area contributed by atoms with Crippen LogP contribution in [-0.4, -0.2) is 21.6 Å². The molecule has 2 aliphatic heterocycles. The summed E-state index contributed by atoms with van der Waals surface area (Å²) in [7, 11) is 0. The highest BCUT2D eigenvalue weighted by atomic mass is 16.3. The van der Waals surface area contributed by atoms with Crippen molar-refractivity contribution in [3.05, 3.63) is 47.2 Å². The highest BCUT2D eigenvalue weighted by Gasteiger charge is 2.33. The van der Waals surface area contributed by atoms with E-state index in [1.54, 1.807) is 0 Å². The largest absolute Gasteiger partial charge is 0.507 e. The molecule has 5 nitrogen and oxygen atoms in total. The number of fused-ring (bicyclic) bond motifs is 1.